The summed E-state index contributed by atoms with van der Waals surface area (Å²) < 4.78 is 0. The maximum absolute atomic E-state index is 2.43. The van der Waals surface area contributed by atoms with E-state index in [-0.39, 0.29) is 0 Å². The van der Waals surface area contributed by atoms with Crippen molar-refractivity contribution < 1.29 is 0 Å². The van der Waals surface area contributed by atoms with Gasteiger partial charge >= 0.3 is 0 Å². The fraction of sp³-hybridized carbons (Fsp3) is 0.0526. The second-order valence-electron chi connectivity index (χ2n) is 10.0. The maximum Gasteiger partial charge on any atom is 0.0618 e. The smallest absolute Gasteiger partial charge is 0.0618 e. The molecule has 0 radical (unpaired) electrons. The molecule has 0 aliphatic heterocycles. The monoisotopic (exact) mass is 501 g/mol. The number of anilines is 3. The van der Waals surface area contributed by atoms with Gasteiger partial charge in [0.2, 0.25) is 0 Å². The molecule has 6 aromatic rings. The highest BCUT2D eigenvalue weighted by Gasteiger charge is 2.23. The van der Waals surface area contributed by atoms with Gasteiger partial charge in [-0.1, -0.05) is 115 Å². The Labute approximate surface area is 231 Å². The van der Waals surface area contributed by atoms with Crippen molar-refractivity contribution in [3.8, 4) is 33.4 Å². The van der Waals surface area contributed by atoms with Crippen LogP contribution in [0.15, 0.2) is 152 Å². The molecule has 188 valence electrons. The second kappa shape index (κ2) is 10.8. The molecule has 6 aromatic carbocycles. The number of nitrogens with zero attached hydrogens (tertiary/aromatic N) is 1. The van der Waals surface area contributed by atoms with Crippen LogP contribution in [0.4, 0.5) is 17.1 Å². The third-order valence-corrected chi connectivity index (χ3v) is 7.13. The van der Waals surface area contributed by atoms with Crippen LogP contribution in [-0.2, 0) is 0 Å². The quantitative estimate of drug-likeness (QED) is 0.219. The average molecular weight is 502 g/mol. The Bertz CT molecular complexity index is 1600. The fourth-order valence-electron chi connectivity index (χ4n) is 5.29. The molecule has 0 N–H and O–H groups in total. The molecular formula is C38H31N. The van der Waals surface area contributed by atoms with Crippen LogP contribution in [0.3, 0.4) is 0 Å². The van der Waals surface area contributed by atoms with Gasteiger partial charge in [-0.05, 0) is 83.6 Å². The van der Waals surface area contributed by atoms with E-state index in [9.17, 15) is 0 Å². The van der Waals surface area contributed by atoms with E-state index in [1.165, 1.54) is 50.2 Å². The van der Waals surface area contributed by atoms with Crippen molar-refractivity contribution >= 4 is 17.1 Å². The van der Waals surface area contributed by atoms with Crippen LogP contribution in [-0.4, -0.2) is 0 Å². The van der Waals surface area contributed by atoms with Crippen LogP contribution in [0.2, 0.25) is 0 Å². The number of benzene rings is 6. The van der Waals surface area contributed by atoms with Crippen molar-refractivity contribution in [2.75, 3.05) is 4.90 Å². The van der Waals surface area contributed by atoms with Crippen LogP contribution >= 0.6 is 0 Å². The van der Waals surface area contributed by atoms with Gasteiger partial charge in [0.05, 0.1) is 5.69 Å². The van der Waals surface area contributed by atoms with Gasteiger partial charge in [0, 0.05) is 22.5 Å². The summed E-state index contributed by atoms with van der Waals surface area (Å²) in [6, 6.07) is 54.5. The lowest BCUT2D eigenvalue weighted by Crippen LogP contribution is -2.13. The largest absolute Gasteiger partial charge is 0.309 e. The number of hydrogen-bond donors (Lipinski definition) is 0. The van der Waals surface area contributed by atoms with Gasteiger partial charge in [0.25, 0.3) is 0 Å². The van der Waals surface area contributed by atoms with Crippen molar-refractivity contribution in [1.82, 2.24) is 0 Å². The second-order valence-corrected chi connectivity index (χ2v) is 10.0. The Morgan fingerprint density at radius 1 is 0.359 bits per heavy atom. The van der Waals surface area contributed by atoms with Gasteiger partial charge in [0.1, 0.15) is 0 Å². The normalized spacial score (nSPS) is 10.8. The Morgan fingerprint density at radius 2 is 0.769 bits per heavy atom. The zero-order chi connectivity index (χ0) is 26.6. The minimum absolute atomic E-state index is 1.14. The first-order valence-corrected chi connectivity index (χ1v) is 13.5. The summed E-state index contributed by atoms with van der Waals surface area (Å²) in [7, 11) is 0. The van der Waals surface area contributed by atoms with Crippen LogP contribution < -0.4 is 4.90 Å². The standard InChI is InChI=1S/C38H31N/c1-28-14-12-22-34(24-28)39(35-23-13-15-29(2)25-35)38-36(31-18-8-4-9-19-31)26-33(30-16-6-3-7-17-30)27-37(38)32-20-10-5-11-21-32/h3-27H,1-2H3. The molecule has 0 unspecified atom stereocenters. The Morgan fingerprint density at radius 3 is 1.18 bits per heavy atom. The molecule has 0 heterocycles. The highest BCUT2D eigenvalue weighted by atomic mass is 15.1. The third-order valence-electron chi connectivity index (χ3n) is 7.13. The predicted molar refractivity (Wildman–Crippen MR) is 167 cm³/mol. The molecule has 1 nitrogen and oxygen atoms in total. The predicted octanol–water partition coefficient (Wildman–Crippen LogP) is 10.8. The molecule has 0 bridgehead atoms. The minimum Gasteiger partial charge on any atom is -0.309 e. The highest BCUT2D eigenvalue weighted by molar-refractivity contribution is 6.00. The molecule has 0 aromatic heterocycles. The molecule has 0 fully saturated rings. The van der Waals surface area contributed by atoms with Crippen molar-refractivity contribution in [2.24, 2.45) is 0 Å². The zero-order valence-corrected chi connectivity index (χ0v) is 22.4. The zero-order valence-electron chi connectivity index (χ0n) is 22.4. The van der Waals surface area contributed by atoms with E-state index >= 15 is 0 Å². The lowest BCUT2D eigenvalue weighted by Gasteiger charge is -2.31. The summed E-state index contributed by atoms with van der Waals surface area (Å²) in [5, 5.41) is 0. The fourth-order valence-corrected chi connectivity index (χ4v) is 5.29. The lowest BCUT2D eigenvalue weighted by atomic mass is 9.89. The van der Waals surface area contributed by atoms with Gasteiger partial charge in [0.15, 0.2) is 0 Å². The first-order valence-electron chi connectivity index (χ1n) is 13.5. The molecule has 1 heteroatoms. The SMILES string of the molecule is Cc1cccc(N(c2cccc(C)c2)c2c(-c3ccccc3)cc(-c3ccccc3)cc2-c2ccccc2)c1. The number of hydrogen-bond acceptors (Lipinski definition) is 1. The summed E-state index contributed by atoms with van der Waals surface area (Å²) in [6.45, 7) is 4.32. The Hall–Kier alpha value is -4.88. The minimum atomic E-state index is 1.14. The van der Waals surface area contributed by atoms with E-state index < -0.39 is 0 Å². The third kappa shape index (κ3) is 5.12. The molecule has 0 saturated carbocycles. The van der Waals surface area contributed by atoms with Gasteiger partial charge < -0.3 is 4.90 Å². The van der Waals surface area contributed by atoms with Gasteiger partial charge in [-0.3, -0.25) is 0 Å². The van der Waals surface area contributed by atoms with Crippen LogP contribution in [0.25, 0.3) is 33.4 Å². The van der Waals surface area contributed by atoms with Gasteiger partial charge in [-0.25, -0.2) is 0 Å². The summed E-state index contributed by atoms with van der Waals surface area (Å²) in [5.41, 5.74) is 13.1. The topological polar surface area (TPSA) is 3.24 Å². The average Bonchev–Trinajstić information content (AvgIpc) is 2.99. The van der Waals surface area contributed by atoms with E-state index in [0.29, 0.717) is 0 Å². The van der Waals surface area contributed by atoms with E-state index in [0.717, 1.165) is 11.4 Å². The molecule has 0 atom stereocenters. The summed E-state index contributed by atoms with van der Waals surface area (Å²) in [4.78, 5) is 2.43. The first-order chi connectivity index (χ1) is 19.2. The van der Waals surface area contributed by atoms with Crippen molar-refractivity contribution in [3.63, 3.8) is 0 Å². The van der Waals surface area contributed by atoms with E-state index in [1.54, 1.807) is 0 Å². The molecule has 0 aliphatic rings. The number of rotatable bonds is 6. The molecule has 6 rings (SSSR count). The van der Waals surface area contributed by atoms with Crippen LogP contribution in [0, 0.1) is 13.8 Å². The lowest BCUT2D eigenvalue weighted by molar-refractivity contribution is 1.26. The first kappa shape index (κ1) is 24.5. The van der Waals surface area contributed by atoms with E-state index in [1.807, 2.05) is 0 Å². The van der Waals surface area contributed by atoms with Gasteiger partial charge in [-0.2, -0.15) is 0 Å². The summed E-state index contributed by atoms with van der Waals surface area (Å²) in [6.07, 6.45) is 0. The Balaban J connectivity index is 1.75. The Kier molecular flexibility index (Phi) is 6.80. The molecular weight excluding hydrogens is 470 g/mol. The summed E-state index contributed by atoms with van der Waals surface area (Å²) >= 11 is 0. The molecule has 0 spiro atoms. The molecule has 0 amide bonds. The van der Waals surface area contributed by atoms with E-state index in [2.05, 4.69) is 170 Å². The molecule has 0 saturated heterocycles. The van der Waals surface area contributed by atoms with Crippen molar-refractivity contribution in [1.29, 1.82) is 0 Å². The van der Waals surface area contributed by atoms with Crippen molar-refractivity contribution in [3.05, 3.63) is 163 Å². The highest BCUT2D eigenvalue weighted by Crippen LogP contribution is 2.48. The van der Waals surface area contributed by atoms with Crippen LogP contribution in [0.1, 0.15) is 11.1 Å². The maximum atomic E-state index is 2.43. The van der Waals surface area contributed by atoms with Crippen molar-refractivity contribution in [2.45, 2.75) is 13.8 Å². The summed E-state index contributed by atoms with van der Waals surface area (Å²) in [5.74, 6) is 0. The molecule has 0 aliphatic carbocycles. The van der Waals surface area contributed by atoms with E-state index in [4.69, 9.17) is 0 Å². The van der Waals surface area contributed by atoms with Gasteiger partial charge in [-0.15, -0.1) is 0 Å². The molecule has 39 heavy (non-hydrogen) atoms. The van der Waals surface area contributed by atoms with Crippen LogP contribution in [0.5, 0.6) is 0 Å². The number of aryl methyl sites for hydroxylation is 2.